The molecule has 0 aromatic heterocycles. The van der Waals surface area contributed by atoms with Gasteiger partial charge in [-0.25, -0.2) is 13.2 Å². The van der Waals surface area contributed by atoms with Crippen LogP contribution in [0.2, 0.25) is 5.02 Å². The first-order chi connectivity index (χ1) is 18.1. The molecule has 0 saturated heterocycles. The molecule has 10 heteroatoms. The van der Waals surface area contributed by atoms with E-state index >= 15 is 0 Å². The fourth-order valence-corrected chi connectivity index (χ4v) is 5.94. The summed E-state index contributed by atoms with van der Waals surface area (Å²) < 4.78 is 28.9. The average molecular weight is 547 g/mol. The average Bonchev–Trinajstić information content (AvgIpc) is 3.13. The Morgan fingerprint density at radius 3 is 1.92 bits per heavy atom. The molecule has 0 unspecified atom stereocenters. The Morgan fingerprint density at radius 1 is 0.763 bits per heavy atom. The van der Waals surface area contributed by atoms with Crippen LogP contribution in [0.3, 0.4) is 0 Å². The number of carboxylic acid groups (broad SMARTS) is 1. The number of Topliss-reactive ketones (excluding diaryl/α,β-unsaturated/α-hetero) is 2. The van der Waals surface area contributed by atoms with E-state index in [-0.39, 0.29) is 28.1 Å². The van der Waals surface area contributed by atoms with Crippen LogP contribution in [0, 0.1) is 0 Å². The number of ketones is 2. The fourth-order valence-electron chi connectivity index (χ4n) is 4.53. The van der Waals surface area contributed by atoms with Crippen LogP contribution < -0.4 is 10.0 Å². The van der Waals surface area contributed by atoms with E-state index < -0.39 is 43.6 Å². The third-order valence-corrected chi connectivity index (χ3v) is 7.93. The molecule has 0 spiro atoms. The predicted molar refractivity (Wildman–Crippen MR) is 143 cm³/mol. The summed E-state index contributed by atoms with van der Waals surface area (Å²) in [6, 6.07) is 24.1. The zero-order valence-corrected chi connectivity index (χ0v) is 21.1. The summed E-state index contributed by atoms with van der Waals surface area (Å²) >= 11 is 5.87. The van der Waals surface area contributed by atoms with Gasteiger partial charge < -0.3 is 10.4 Å². The Kier molecular flexibility index (Phi) is 6.26. The summed E-state index contributed by atoms with van der Waals surface area (Å²) in [6.07, 6.45) is 0. The van der Waals surface area contributed by atoms with Gasteiger partial charge in [0, 0.05) is 21.8 Å². The lowest BCUT2D eigenvalue weighted by Gasteiger charge is -2.30. The molecular formula is C28H19ClN2O6S. The van der Waals surface area contributed by atoms with Gasteiger partial charge in [-0.05, 0) is 42.0 Å². The van der Waals surface area contributed by atoms with Crippen molar-refractivity contribution in [2.24, 2.45) is 0 Å². The quantitative estimate of drug-likeness (QED) is 0.271. The molecule has 0 radical (unpaired) electrons. The standard InChI is InChI=1S/C28H19ClN2O6S/c29-18-13-15-19(16-14-18)31-38(36,37)23-12-6-11-22(24(23)27(34)35)30-28(17-7-2-1-3-8-17)25(32)20-9-4-5-10-21(20)26(28)33/h1-16,30-31H,(H,34,35). The normalized spacial score (nSPS) is 14.1. The summed E-state index contributed by atoms with van der Waals surface area (Å²) in [7, 11) is -4.41. The number of aromatic carboxylic acids is 1. The zero-order chi connectivity index (χ0) is 27.1. The van der Waals surface area contributed by atoms with Crippen molar-refractivity contribution in [2.75, 3.05) is 10.0 Å². The second kappa shape index (κ2) is 9.44. The third kappa shape index (κ3) is 4.11. The van der Waals surface area contributed by atoms with Gasteiger partial charge in [0.2, 0.25) is 11.6 Å². The van der Waals surface area contributed by atoms with E-state index in [2.05, 4.69) is 10.0 Å². The van der Waals surface area contributed by atoms with E-state index in [0.717, 1.165) is 6.07 Å². The van der Waals surface area contributed by atoms with Crippen molar-refractivity contribution in [1.29, 1.82) is 0 Å². The third-order valence-electron chi connectivity index (χ3n) is 6.25. The van der Waals surface area contributed by atoms with Gasteiger partial charge >= 0.3 is 5.97 Å². The van der Waals surface area contributed by atoms with E-state index in [9.17, 15) is 27.9 Å². The molecule has 1 aliphatic rings. The maximum absolute atomic E-state index is 13.8. The van der Waals surface area contributed by atoms with Gasteiger partial charge in [0.15, 0.2) is 5.54 Å². The minimum Gasteiger partial charge on any atom is -0.478 e. The molecular weight excluding hydrogens is 528 g/mol. The second-order valence-corrected chi connectivity index (χ2v) is 10.6. The first-order valence-electron chi connectivity index (χ1n) is 11.3. The number of carbonyl (C=O) groups excluding carboxylic acids is 2. The molecule has 0 saturated carbocycles. The van der Waals surface area contributed by atoms with E-state index in [1.165, 1.54) is 48.5 Å². The number of carbonyl (C=O) groups is 3. The number of anilines is 2. The van der Waals surface area contributed by atoms with Crippen molar-refractivity contribution in [2.45, 2.75) is 10.4 Å². The zero-order valence-electron chi connectivity index (χ0n) is 19.5. The van der Waals surface area contributed by atoms with Gasteiger partial charge in [-0.15, -0.1) is 0 Å². The van der Waals surface area contributed by atoms with Gasteiger partial charge in [0.05, 0.1) is 5.69 Å². The van der Waals surface area contributed by atoms with Crippen LogP contribution in [0.4, 0.5) is 11.4 Å². The van der Waals surface area contributed by atoms with Crippen LogP contribution in [0.15, 0.2) is 102 Å². The molecule has 0 amide bonds. The highest BCUT2D eigenvalue weighted by Gasteiger charge is 2.54. The van der Waals surface area contributed by atoms with Gasteiger partial charge in [-0.2, -0.15) is 0 Å². The Morgan fingerprint density at radius 2 is 1.34 bits per heavy atom. The van der Waals surface area contributed by atoms with Gasteiger partial charge in [0.1, 0.15) is 10.5 Å². The van der Waals surface area contributed by atoms with Crippen molar-refractivity contribution >= 4 is 50.5 Å². The Bertz CT molecular complexity index is 1670. The maximum Gasteiger partial charge on any atom is 0.339 e. The topological polar surface area (TPSA) is 130 Å². The van der Waals surface area contributed by atoms with Crippen LogP contribution in [0.1, 0.15) is 36.6 Å². The summed E-state index contributed by atoms with van der Waals surface area (Å²) in [5.41, 5.74) is -2.02. The molecule has 4 aromatic carbocycles. The van der Waals surface area contributed by atoms with E-state index in [1.807, 2.05) is 0 Å². The number of fused-ring (bicyclic) bond motifs is 1. The highest BCUT2D eigenvalue weighted by molar-refractivity contribution is 7.92. The van der Waals surface area contributed by atoms with Crippen molar-refractivity contribution in [3.05, 3.63) is 124 Å². The Labute approximate surface area is 222 Å². The number of hydrogen-bond acceptors (Lipinski definition) is 6. The maximum atomic E-state index is 13.8. The smallest absolute Gasteiger partial charge is 0.339 e. The van der Waals surface area contributed by atoms with Gasteiger partial charge in [-0.1, -0.05) is 72.3 Å². The van der Waals surface area contributed by atoms with Crippen molar-refractivity contribution in [3.63, 3.8) is 0 Å². The molecule has 4 aromatic rings. The molecule has 0 heterocycles. The second-order valence-electron chi connectivity index (χ2n) is 8.54. The molecule has 0 aliphatic heterocycles. The molecule has 5 rings (SSSR count). The molecule has 1 aliphatic carbocycles. The lowest BCUT2D eigenvalue weighted by atomic mass is 9.84. The number of nitrogens with one attached hydrogen (secondary N) is 2. The summed E-state index contributed by atoms with van der Waals surface area (Å²) in [4.78, 5) is 39.5. The molecule has 0 atom stereocenters. The molecule has 8 nitrogen and oxygen atoms in total. The molecule has 0 fully saturated rings. The van der Waals surface area contributed by atoms with E-state index in [0.29, 0.717) is 5.02 Å². The van der Waals surface area contributed by atoms with Gasteiger partial charge in [0.25, 0.3) is 10.0 Å². The SMILES string of the molecule is O=C(O)c1c(NC2(c3ccccc3)C(=O)c3ccccc3C2=O)cccc1S(=O)(=O)Nc1ccc(Cl)cc1. The lowest BCUT2D eigenvalue weighted by Crippen LogP contribution is -2.46. The monoisotopic (exact) mass is 546 g/mol. The lowest BCUT2D eigenvalue weighted by molar-refractivity contribution is 0.0690. The number of rotatable bonds is 7. The summed E-state index contributed by atoms with van der Waals surface area (Å²) in [5, 5.41) is 13.4. The first kappa shape index (κ1) is 25.2. The minimum absolute atomic E-state index is 0.168. The molecule has 190 valence electrons. The van der Waals surface area contributed by atoms with Crippen LogP contribution in [0.25, 0.3) is 0 Å². The van der Waals surface area contributed by atoms with Crippen LogP contribution in [-0.2, 0) is 15.6 Å². The summed E-state index contributed by atoms with van der Waals surface area (Å²) in [6.45, 7) is 0. The number of benzene rings is 4. The Hall–Kier alpha value is -4.47. The van der Waals surface area contributed by atoms with Crippen LogP contribution in [-0.4, -0.2) is 31.1 Å². The van der Waals surface area contributed by atoms with Gasteiger partial charge in [-0.3, -0.25) is 14.3 Å². The number of hydrogen-bond donors (Lipinski definition) is 3. The number of sulfonamides is 1. The van der Waals surface area contributed by atoms with Crippen molar-refractivity contribution in [1.82, 2.24) is 0 Å². The van der Waals surface area contributed by atoms with Crippen molar-refractivity contribution in [3.8, 4) is 0 Å². The first-order valence-corrected chi connectivity index (χ1v) is 13.2. The highest BCUT2D eigenvalue weighted by Crippen LogP contribution is 2.41. The largest absolute Gasteiger partial charge is 0.478 e. The van der Waals surface area contributed by atoms with Crippen molar-refractivity contribution < 1.29 is 27.9 Å². The number of halogens is 1. The highest BCUT2D eigenvalue weighted by atomic mass is 35.5. The fraction of sp³-hybridized carbons (Fsp3) is 0.0357. The molecule has 3 N–H and O–H groups in total. The van der Waals surface area contributed by atoms with E-state index in [1.54, 1.807) is 42.5 Å². The van der Waals surface area contributed by atoms with E-state index in [4.69, 9.17) is 11.6 Å². The molecule has 0 bridgehead atoms. The minimum atomic E-state index is -4.41. The van der Waals surface area contributed by atoms with Crippen LogP contribution >= 0.6 is 11.6 Å². The molecule has 38 heavy (non-hydrogen) atoms. The Balaban J connectivity index is 1.66. The number of carboxylic acids is 1. The van der Waals surface area contributed by atoms with Crippen LogP contribution in [0.5, 0.6) is 0 Å². The predicted octanol–water partition coefficient (Wildman–Crippen LogP) is 5.23. The summed E-state index contributed by atoms with van der Waals surface area (Å²) in [5.74, 6) is -2.72.